The third kappa shape index (κ3) is 1.65. The van der Waals surface area contributed by atoms with Gasteiger partial charge in [-0.05, 0) is 29.4 Å². The normalized spacial score (nSPS) is 24.6. The monoisotopic (exact) mass is 200 g/mol. The second-order valence-electron chi connectivity index (χ2n) is 4.56. The van der Waals surface area contributed by atoms with E-state index in [0.717, 1.165) is 18.5 Å². The van der Waals surface area contributed by atoms with Crippen LogP contribution in [-0.2, 0) is 6.54 Å². The maximum absolute atomic E-state index is 3.58. The van der Waals surface area contributed by atoms with Crippen LogP contribution in [-0.4, -0.2) is 11.0 Å². The van der Waals surface area contributed by atoms with Crippen LogP contribution in [0.3, 0.4) is 0 Å². The van der Waals surface area contributed by atoms with Crippen molar-refractivity contribution in [3.8, 4) is 0 Å². The van der Waals surface area contributed by atoms with Crippen molar-refractivity contribution in [2.24, 2.45) is 5.92 Å². The van der Waals surface area contributed by atoms with Crippen LogP contribution in [0.5, 0.6) is 0 Å². The van der Waals surface area contributed by atoms with E-state index in [4.69, 9.17) is 0 Å². The van der Waals surface area contributed by atoms with E-state index in [9.17, 15) is 0 Å². The van der Waals surface area contributed by atoms with E-state index in [-0.39, 0.29) is 0 Å². The van der Waals surface area contributed by atoms with Gasteiger partial charge in [0.05, 0.1) is 0 Å². The Balaban J connectivity index is 1.81. The Labute approximate surface area is 89.7 Å². The first-order valence-corrected chi connectivity index (χ1v) is 5.63. The Hall–Kier alpha value is -1.28. The van der Waals surface area contributed by atoms with Crippen molar-refractivity contribution in [2.75, 3.05) is 0 Å². The van der Waals surface area contributed by atoms with Gasteiger partial charge in [0, 0.05) is 24.3 Å². The fraction of sp³-hybridized carbons (Fsp3) is 0.385. The van der Waals surface area contributed by atoms with Crippen LogP contribution in [0.4, 0.5) is 0 Å². The number of para-hydroxylation sites is 1. The molecule has 0 saturated heterocycles. The van der Waals surface area contributed by atoms with Gasteiger partial charge in [-0.15, -0.1) is 0 Å². The highest BCUT2D eigenvalue weighted by Gasteiger charge is 2.31. The summed E-state index contributed by atoms with van der Waals surface area (Å²) in [6, 6.07) is 9.34. The predicted octanol–water partition coefficient (Wildman–Crippen LogP) is 2.67. The van der Waals surface area contributed by atoms with Crippen molar-refractivity contribution in [2.45, 2.75) is 25.9 Å². The van der Waals surface area contributed by atoms with Gasteiger partial charge < -0.3 is 10.3 Å². The molecule has 1 aliphatic carbocycles. The maximum atomic E-state index is 3.58. The molecule has 0 aliphatic heterocycles. The molecular weight excluding hydrogens is 184 g/mol. The zero-order valence-electron chi connectivity index (χ0n) is 8.96. The molecule has 1 saturated carbocycles. The van der Waals surface area contributed by atoms with E-state index in [2.05, 4.69) is 41.5 Å². The number of H-pyrrole nitrogens is 1. The Kier molecular flexibility index (Phi) is 2.03. The highest BCUT2D eigenvalue weighted by molar-refractivity contribution is 5.82. The summed E-state index contributed by atoms with van der Waals surface area (Å²) < 4.78 is 0. The minimum Gasteiger partial charge on any atom is -0.361 e. The van der Waals surface area contributed by atoms with Crippen molar-refractivity contribution >= 4 is 10.9 Å². The van der Waals surface area contributed by atoms with Gasteiger partial charge in [0.15, 0.2) is 0 Å². The van der Waals surface area contributed by atoms with E-state index in [1.807, 2.05) is 6.20 Å². The number of rotatable bonds is 3. The Bertz CT molecular complexity index is 472. The molecule has 78 valence electrons. The average molecular weight is 200 g/mol. The number of hydrogen-bond donors (Lipinski definition) is 2. The van der Waals surface area contributed by atoms with Gasteiger partial charge >= 0.3 is 0 Å². The summed E-state index contributed by atoms with van der Waals surface area (Å²) in [5, 5.41) is 4.89. The summed E-state index contributed by atoms with van der Waals surface area (Å²) in [4.78, 5) is 3.30. The van der Waals surface area contributed by atoms with Crippen LogP contribution in [0.15, 0.2) is 30.5 Å². The lowest BCUT2D eigenvalue weighted by atomic mass is 10.1. The minimum absolute atomic E-state index is 0.746. The molecule has 2 nitrogen and oxygen atoms in total. The molecule has 1 heterocycles. The Morgan fingerprint density at radius 2 is 2.27 bits per heavy atom. The van der Waals surface area contributed by atoms with E-state index in [1.165, 1.54) is 22.9 Å². The van der Waals surface area contributed by atoms with E-state index >= 15 is 0 Å². The van der Waals surface area contributed by atoms with Crippen LogP contribution in [0, 0.1) is 5.92 Å². The molecule has 0 radical (unpaired) electrons. The first-order chi connectivity index (χ1) is 7.34. The molecule has 15 heavy (non-hydrogen) atoms. The second kappa shape index (κ2) is 3.38. The molecule has 2 unspecified atom stereocenters. The first-order valence-electron chi connectivity index (χ1n) is 5.63. The maximum Gasteiger partial charge on any atom is 0.0499 e. The Morgan fingerprint density at radius 3 is 3.07 bits per heavy atom. The molecule has 0 spiro atoms. The van der Waals surface area contributed by atoms with Crippen LogP contribution < -0.4 is 5.32 Å². The lowest BCUT2D eigenvalue weighted by Crippen LogP contribution is -2.17. The van der Waals surface area contributed by atoms with Gasteiger partial charge in [-0.3, -0.25) is 0 Å². The molecule has 0 bridgehead atoms. The van der Waals surface area contributed by atoms with Crippen LogP contribution in [0.1, 0.15) is 18.9 Å². The van der Waals surface area contributed by atoms with E-state index in [1.54, 1.807) is 0 Å². The molecule has 2 heteroatoms. The third-order valence-electron chi connectivity index (χ3n) is 3.34. The second-order valence-corrected chi connectivity index (χ2v) is 4.56. The number of hydrogen-bond acceptors (Lipinski definition) is 1. The summed E-state index contributed by atoms with van der Waals surface area (Å²) in [5.74, 6) is 0.868. The largest absolute Gasteiger partial charge is 0.361 e. The number of benzene rings is 1. The van der Waals surface area contributed by atoms with Gasteiger partial charge in [-0.1, -0.05) is 25.1 Å². The molecule has 1 aliphatic rings. The Morgan fingerprint density at radius 1 is 1.40 bits per heavy atom. The topological polar surface area (TPSA) is 27.8 Å². The van der Waals surface area contributed by atoms with Crippen molar-refractivity contribution in [3.05, 3.63) is 36.0 Å². The molecular formula is C13H16N2. The van der Waals surface area contributed by atoms with Crippen molar-refractivity contribution in [1.29, 1.82) is 0 Å². The number of aromatic nitrogens is 1. The fourth-order valence-corrected chi connectivity index (χ4v) is 2.14. The molecule has 0 amide bonds. The molecule has 1 aromatic heterocycles. The minimum atomic E-state index is 0.746. The average Bonchev–Trinajstić information content (AvgIpc) is 2.78. The summed E-state index contributed by atoms with van der Waals surface area (Å²) in [6.07, 6.45) is 3.34. The zero-order chi connectivity index (χ0) is 10.3. The van der Waals surface area contributed by atoms with Crippen LogP contribution in [0.2, 0.25) is 0 Å². The van der Waals surface area contributed by atoms with Gasteiger partial charge in [-0.2, -0.15) is 0 Å². The zero-order valence-corrected chi connectivity index (χ0v) is 8.96. The number of fused-ring (bicyclic) bond motifs is 1. The lowest BCUT2D eigenvalue weighted by Gasteiger charge is -2.04. The molecule has 2 aromatic rings. The van der Waals surface area contributed by atoms with E-state index < -0.39 is 0 Å². The summed E-state index contributed by atoms with van der Waals surface area (Å²) >= 11 is 0. The highest BCUT2D eigenvalue weighted by atomic mass is 15.0. The lowest BCUT2D eigenvalue weighted by molar-refractivity contribution is 0.654. The summed E-state index contributed by atoms with van der Waals surface area (Å²) in [7, 11) is 0. The smallest absolute Gasteiger partial charge is 0.0499 e. The van der Waals surface area contributed by atoms with Gasteiger partial charge in [0.2, 0.25) is 0 Å². The SMILES string of the molecule is CC1CC1NCc1cccc2cc[nH]c12. The number of aromatic amines is 1. The van der Waals surface area contributed by atoms with E-state index in [0.29, 0.717) is 0 Å². The van der Waals surface area contributed by atoms with Gasteiger partial charge in [0.1, 0.15) is 0 Å². The summed E-state index contributed by atoms with van der Waals surface area (Å²) in [5.41, 5.74) is 2.65. The van der Waals surface area contributed by atoms with Crippen molar-refractivity contribution in [1.82, 2.24) is 10.3 Å². The third-order valence-corrected chi connectivity index (χ3v) is 3.34. The number of nitrogens with one attached hydrogen (secondary N) is 2. The first kappa shape index (κ1) is 8.98. The summed E-state index contributed by atoms with van der Waals surface area (Å²) in [6.45, 7) is 3.28. The van der Waals surface area contributed by atoms with Crippen LogP contribution >= 0.6 is 0 Å². The van der Waals surface area contributed by atoms with Crippen molar-refractivity contribution < 1.29 is 0 Å². The van der Waals surface area contributed by atoms with Crippen LogP contribution in [0.25, 0.3) is 10.9 Å². The van der Waals surface area contributed by atoms with Gasteiger partial charge in [-0.25, -0.2) is 0 Å². The molecule has 1 fully saturated rings. The quantitative estimate of drug-likeness (QED) is 0.783. The van der Waals surface area contributed by atoms with Crippen molar-refractivity contribution in [3.63, 3.8) is 0 Å². The van der Waals surface area contributed by atoms with Gasteiger partial charge in [0.25, 0.3) is 0 Å². The predicted molar refractivity (Wildman–Crippen MR) is 62.7 cm³/mol. The fourth-order valence-electron chi connectivity index (χ4n) is 2.14. The molecule has 2 N–H and O–H groups in total. The molecule has 3 rings (SSSR count). The standard InChI is InChI=1S/C13H16N2/c1-9-7-12(9)15-8-11-4-2-3-10-5-6-14-13(10)11/h2-6,9,12,14-15H,7-8H2,1H3. The highest BCUT2D eigenvalue weighted by Crippen LogP contribution is 2.29. The molecule has 2 atom stereocenters. The molecule has 1 aromatic carbocycles.